The van der Waals surface area contributed by atoms with Gasteiger partial charge in [-0.1, -0.05) is 52.3 Å². The monoisotopic (exact) mass is 590 g/mol. The summed E-state index contributed by atoms with van der Waals surface area (Å²) in [6.07, 6.45) is -3.07. The first kappa shape index (κ1) is 23.6. The second kappa shape index (κ2) is 8.50. The highest BCUT2D eigenvalue weighted by molar-refractivity contribution is 9.10. The van der Waals surface area contributed by atoms with Gasteiger partial charge in [0.05, 0.1) is 28.0 Å². The molecule has 0 fully saturated rings. The van der Waals surface area contributed by atoms with Crippen molar-refractivity contribution in [2.24, 2.45) is 0 Å². The van der Waals surface area contributed by atoms with Gasteiger partial charge in [-0.15, -0.1) is 5.10 Å². The lowest BCUT2D eigenvalue weighted by atomic mass is 9.84. The minimum atomic E-state index is -4.51. The van der Waals surface area contributed by atoms with Crippen LogP contribution in [0.2, 0.25) is 0 Å². The predicted molar refractivity (Wildman–Crippen MR) is 139 cm³/mol. The Balaban J connectivity index is 1.53. The van der Waals surface area contributed by atoms with Gasteiger partial charge in [0.15, 0.2) is 17.2 Å². The molecule has 1 aliphatic heterocycles. The summed E-state index contributed by atoms with van der Waals surface area (Å²) in [5.74, 6) is -0.0945. The SMILES string of the molecule is O=c1oc2ccccc2c2c1C(c1ccc(C(F)(F)F)cc1)c1c(ncn3nc(-c4ccccc4Br)nc13)O2. The maximum absolute atomic E-state index is 13.4. The number of hydrogen-bond acceptors (Lipinski definition) is 6. The lowest BCUT2D eigenvalue weighted by Crippen LogP contribution is -2.22. The van der Waals surface area contributed by atoms with Crippen LogP contribution in [-0.2, 0) is 6.18 Å². The van der Waals surface area contributed by atoms with Gasteiger partial charge in [0.1, 0.15) is 11.9 Å². The minimum Gasteiger partial charge on any atom is -0.437 e. The average Bonchev–Trinajstić information content (AvgIpc) is 3.36. The van der Waals surface area contributed by atoms with Crippen LogP contribution in [0.15, 0.2) is 92.8 Å². The molecule has 6 aromatic rings. The van der Waals surface area contributed by atoms with Gasteiger partial charge in [0, 0.05) is 10.0 Å². The van der Waals surface area contributed by atoms with E-state index in [4.69, 9.17) is 14.1 Å². The number of hydrogen-bond donors (Lipinski definition) is 0. The first-order valence-electron chi connectivity index (χ1n) is 11.7. The summed E-state index contributed by atoms with van der Waals surface area (Å²) in [5, 5.41) is 5.10. The van der Waals surface area contributed by atoms with Gasteiger partial charge in [-0.3, -0.25) is 0 Å². The number of rotatable bonds is 2. The quantitative estimate of drug-likeness (QED) is 0.202. The molecule has 7 nitrogen and oxygen atoms in total. The van der Waals surface area contributed by atoms with Crippen LogP contribution in [-0.4, -0.2) is 19.6 Å². The minimum absolute atomic E-state index is 0.140. The number of nitrogens with zero attached hydrogens (tertiary/aromatic N) is 4. The Hall–Kier alpha value is -4.51. The Kier molecular flexibility index (Phi) is 5.14. The van der Waals surface area contributed by atoms with Crippen molar-refractivity contribution in [3.05, 3.63) is 116 Å². The van der Waals surface area contributed by atoms with E-state index in [9.17, 15) is 18.0 Å². The summed E-state index contributed by atoms with van der Waals surface area (Å²) in [6.45, 7) is 0. The zero-order valence-electron chi connectivity index (χ0n) is 19.6. The molecule has 0 bridgehead atoms. The second-order valence-corrected chi connectivity index (χ2v) is 9.78. The van der Waals surface area contributed by atoms with Gasteiger partial charge >= 0.3 is 11.8 Å². The third-order valence-electron chi connectivity index (χ3n) is 6.65. The molecule has 1 aliphatic rings. The molecular weight excluding hydrogens is 577 g/mol. The van der Waals surface area contributed by atoms with Crippen molar-refractivity contribution in [3.8, 4) is 23.0 Å². The first-order chi connectivity index (χ1) is 18.8. The molecule has 1 atom stereocenters. The number of ether oxygens (including phenoxy) is 1. The molecule has 11 heteroatoms. The standard InChI is InChI=1S/C28H14BrF3N4O3/c29-18-7-3-1-5-16(18)24-34-25-22-20(14-9-11-15(12-10-14)28(30,31)32)21-23(39-26(22)33-13-36(25)35-24)17-6-2-4-8-19(17)38-27(21)37/h1-13,20H. The maximum Gasteiger partial charge on any atom is 0.416 e. The Bertz CT molecular complexity index is 1980. The Morgan fingerprint density at radius 2 is 1.67 bits per heavy atom. The van der Waals surface area contributed by atoms with Crippen molar-refractivity contribution >= 4 is 32.5 Å². The normalized spacial score (nSPS) is 14.7. The molecule has 0 radical (unpaired) electrons. The van der Waals surface area contributed by atoms with Crippen LogP contribution in [0.3, 0.4) is 0 Å². The van der Waals surface area contributed by atoms with Gasteiger partial charge in [-0.05, 0) is 42.0 Å². The fraction of sp³-hybridized carbons (Fsp3) is 0.0714. The zero-order chi connectivity index (χ0) is 26.9. The third kappa shape index (κ3) is 3.72. The molecule has 39 heavy (non-hydrogen) atoms. The molecule has 4 heterocycles. The van der Waals surface area contributed by atoms with E-state index in [0.717, 1.165) is 22.2 Å². The van der Waals surface area contributed by atoms with Gasteiger partial charge in [0.2, 0.25) is 5.88 Å². The van der Waals surface area contributed by atoms with Gasteiger partial charge in [-0.2, -0.15) is 13.2 Å². The summed E-state index contributed by atoms with van der Waals surface area (Å²) >= 11 is 3.52. The first-order valence-corrected chi connectivity index (χ1v) is 12.5. The fourth-order valence-electron chi connectivity index (χ4n) is 4.88. The van der Waals surface area contributed by atoms with Gasteiger partial charge in [-0.25, -0.2) is 19.3 Å². The van der Waals surface area contributed by atoms with Crippen molar-refractivity contribution in [2.75, 3.05) is 0 Å². The van der Waals surface area contributed by atoms with Crippen LogP contribution in [0, 0.1) is 0 Å². The Labute approximate surface area is 225 Å². The number of benzene rings is 3. The second-order valence-electron chi connectivity index (χ2n) is 8.93. The highest BCUT2D eigenvalue weighted by Gasteiger charge is 2.38. The highest BCUT2D eigenvalue weighted by Crippen LogP contribution is 2.49. The summed E-state index contributed by atoms with van der Waals surface area (Å²) in [4.78, 5) is 22.6. The van der Waals surface area contributed by atoms with E-state index in [2.05, 4.69) is 26.0 Å². The molecule has 1 unspecified atom stereocenters. The number of para-hydroxylation sites is 1. The Morgan fingerprint density at radius 3 is 2.44 bits per heavy atom. The van der Waals surface area contributed by atoms with E-state index in [-0.39, 0.29) is 17.2 Å². The average molecular weight is 591 g/mol. The maximum atomic E-state index is 13.4. The topological polar surface area (TPSA) is 82.5 Å². The molecule has 7 rings (SSSR count). The van der Waals surface area contributed by atoms with Gasteiger partial charge < -0.3 is 9.15 Å². The molecule has 0 saturated heterocycles. The van der Waals surface area contributed by atoms with E-state index in [0.29, 0.717) is 33.6 Å². The summed E-state index contributed by atoms with van der Waals surface area (Å²) in [6, 6.07) is 18.9. The lowest BCUT2D eigenvalue weighted by molar-refractivity contribution is -0.137. The molecular formula is C28H14BrF3N4O3. The molecule has 3 aromatic heterocycles. The van der Waals surface area contributed by atoms with Crippen molar-refractivity contribution in [3.63, 3.8) is 0 Å². The van der Waals surface area contributed by atoms with Crippen molar-refractivity contribution in [2.45, 2.75) is 12.1 Å². The molecule has 0 saturated carbocycles. The molecule has 0 aliphatic carbocycles. The molecule has 3 aromatic carbocycles. The number of aromatic nitrogens is 4. The van der Waals surface area contributed by atoms with E-state index in [1.54, 1.807) is 24.3 Å². The van der Waals surface area contributed by atoms with E-state index < -0.39 is 23.3 Å². The number of halogens is 4. The molecule has 0 amide bonds. The van der Waals surface area contributed by atoms with Crippen molar-refractivity contribution < 1.29 is 22.3 Å². The fourth-order valence-corrected chi connectivity index (χ4v) is 5.35. The van der Waals surface area contributed by atoms with E-state index in [1.807, 2.05) is 24.3 Å². The number of alkyl halides is 3. The predicted octanol–water partition coefficient (Wildman–Crippen LogP) is 6.96. The largest absolute Gasteiger partial charge is 0.437 e. The Morgan fingerprint density at radius 1 is 0.923 bits per heavy atom. The smallest absolute Gasteiger partial charge is 0.416 e. The van der Waals surface area contributed by atoms with Crippen molar-refractivity contribution in [1.82, 2.24) is 19.6 Å². The van der Waals surface area contributed by atoms with Gasteiger partial charge in [0.25, 0.3) is 0 Å². The van der Waals surface area contributed by atoms with Crippen LogP contribution in [0.4, 0.5) is 13.2 Å². The third-order valence-corrected chi connectivity index (χ3v) is 7.34. The molecule has 192 valence electrons. The summed E-state index contributed by atoms with van der Waals surface area (Å²) < 4.78 is 54.2. The number of fused-ring (bicyclic) bond motifs is 6. The van der Waals surface area contributed by atoms with Crippen LogP contribution in [0.25, 0.3) is 28.0 Å². The highest BCUT2D eigenvalue weighted by atomic mass is 79.9. The molecule has 0 spiro atoms. The lowest BCUT2D eigenvalue weighted by Gasteiger charge is -2.27. The van der Waals surface area contributed by atoms with Crippen LogP contribution in [0.1, 0.15) is 28.2 Å². The van der Waals surface area contributed by atoms with E-state index in [1.165, 1.54) is 23.0 Å². The van der Waals surface area contributed by atoms with Crippen molar-refractivity contribution in [1.29, 1.82) is 0 Å². The molecule has 0 N–H and O–H groups in total. The summed E-state index contributed by atoms with van der Waals surface area (Å²) in [7, 11) is 0. The van der Waals surface area contributed by atoms with E-state index >= 15 is 0 Å². The van der Waals surface area contributed by atoms with Crippen LogP contribution >= 0.6 is 15.9 Å². The van der Waals surface area contributed by atoms with Crippen LogP contribution < -0.4 is 10.4 Å². The summed E-state index contributed by atoms with van der Waals surface area (Å²) in [5.41, 5.74) is 0.843. The van der Waals surface area contributed by atoms with Crippen LogP contribution in [0.5, 0.6) is 11.6 Å². The zero-order valence-corrected chi connectivity index (χ0v) is 21.2.